The third-order valence-corrected chi connectivity index (χ3v) is 5.86. The minimum absolute atomic E-state index is 0.0455. The van der Waals surface area contributed by atoms with Crippen LogP contribution in [0.5, 0.6) is 0 Å². The molecule has 3 heterocycles. The maximum Gasteiger partial charge on any atom is 0.269 e. The Morgan fingerprint density at radius 3 is 2.67 bits per heavy atom. The fourth-order valence-electron chi connectivity index (χ4n) is 3.97. The van der Waals surface area contributed by atoms with Crippen molar-refractivity contribution in [2.75, 3.05) is 5.32 Å². The van der Waals surface area contributed by atoms with E-state index < -0.39 is 16.8 Å². The van der Waals surface area contributed by atoms with Crippen LogP contribution in [0.15, 0.2) is 59.7 Å². The van der Waals surface area contributed by atoms with Gasteiger partial charge in [-0.1, -0.05) is 31.2 Å². The fraction of sp³-hybridized carbons (Fsp3) is 0.136. The van der Waals surface area contributed by atoms with Gasteiger partial charge < -0.3 is 10.3 Å². The number of benzene rings is 2. The zero-order valence-corrected chi connectivity index (χ0v) is 18.4. The highest BCUT2D eigenvalue weighted by molar-refractivity contribution is 6.30. The normalized spacial score (nSPS) is 13.3. The minimum atomic E-state index is -0.844. The summed E-state index contributed by atoms with van der Waals surface area (Å²) in [6.45, 7) is 1.98. The summed E-state index contributed by atoms with van der Waals surface area (Å²) < 4.78 is 16.1. The third kappa shape index (κ3) is 3.45. The maximum absolute atomic E-state index is 14.7. The van der Waals surface area contributed by atoms with E-state index in [0.717, 1.165) is 0 Å². The molecule has 0 saturated heterocycles. The van der Waals surface area contributed by atoms with E-state index in [1.165, 1.54) is 17.0 Å². The number of hydrogen-bond acceptors (Lipinski definition) is 6. The Kier molecular flexibility index (Phi) is 4.96. The molecule has 2 aromatic carbocycles. The number of nitrogens with zero attached hydrogens (tertiary/aromatic N) is 5. The minimum Gasteiger partial charge on any atom is -0.363 e. The van der Waals surface area contributed by atoms with E-state index in [0.29, 0.717) is 46.2 Å². The number of rotatable bonds is 5. The molecule has 3 aromatic heterocycles. The van der Waals surface area contributed by atoms with Crippen molar-refractivity contribution in [3.8, 4) is 5.69 Å². The molecule has 0 bridgehead atoms. The van der Waals surface area contributed by atoms with Crippen molar-refractivity contribution in [2.45, 2.75) is 18.8 Å². The molecule has 0 saturated carbocycles. The molecule has 5 aromatic rings. The summed E-state index contributed by atoms with van der Waals surface area (Å²) in [5, 5.41) is 3.40. The van der Waals surface area contributed by atoms with Crippen molar-refractivity contribution in [3.05, 3.63) is 76.9 Å². The van der Waals surface area contributed by atoms with Crippen LogP contribution in [0.3, 0.4) is 0 Å². The number of halogens is 1. The van der Waals surface area contributed by atoms with E-state index in [2.05, 4.69) is 25.3 Å². The highest BCUT2D eigenvalue weighted by Crippen LogP contribution is 2.29. The lowest BCUT2D eigenvalue weighted by atomic mass is 9.74. The number of imidazole rings is 1. The number of anilines is 1. The van der Waals surface area contributed by atoms with Gasteiger partial charge in [-0.05, 0) is 30.7 Å². The molecule has 0 fully saturated rings. The van der Waals surface area contributed by atoms with Gasteiger partial charge in [0.1, 0.15) is 36.7 Å². The smallest absolute Gasteiger partial charge is 0.269 e. The van der Waals surface area contributed by atoms with E-state index in [4.69, 9.17) is 4.98 Å². The number of H-pyrrole nitrogens is 1. The molecule has 0 unspecified atom stereocenters. The first kappa shape index (κ1) is 20.9. The molecular formula is C22H20B2FN7O. The Hall–Kier alpha value is -4.01. The molecule has 0 amide bonds. The summed E-state index contributed by atoms with van der Waals surface area (Å²) in [5.74, 6) is 0.358. The summed E-state index contributed by atoms with van der Waals surface area (Å²) in [4.78, 5) is 34.6. The van der Waals surface area contributed by atoms with Crippen molar-refractivity contribution in [1.29, 1.82) is 0 Å². The average Bonchev–Trinajstić information content (AvgIpc) is 3.20. The largest absolute Gasteiger partial charge is 0.363 e. The number of para-hydroxylation sites is 1. The Morgan fingerprint density at radius 2 is 1.91 bits per heavy atom. The molecule has 2 N–H and O–H groups in total. The van der Waals surface area contributed by atoms with Crippen molar-refractivity contribution >= 4 is 49.3 Å². The zero-order chi connectivity index (χ0) is 23.2. The number of aromatic amines is 1. The van der Waals surface area contributed by atoms with E-state index in [9.17, 15) is 9.18 Å². The Bertz CT molecular complexity index is 1550. The van der Waals surface area contributed by atoms with Crippen LogP contribution < -0.4 is 16.6 Å². The second-order valence-electron chi connectivity index (χ2n) is 8.10. The molecule has 0 radical (unpaired) electrons. The van der Waals surface area contributed by atoms with Gasteiger partial charge in [-0.3, -0.25) is 9.36 Å². The van der Waals surface area contributed by atoms with E-state index in [1.54, 1.807) is 24.3 Å². The summed E-state index contributed by atoms with van der Waals surface area (Å²) in [5.41, 5.74) is 1.50. The predicted octanol–water partition coefficient (Wildman–Crippen LogP) is 0.757. The van der Waals surface area contributed by atoms with Gasteiger partial charge in [-0.25, -0.2) is 24.3 Å². The zero-order valence-electron chi connectivity index (χ0n) is 18.4. The Morgan fingerprint density at radius 1 is 1.12 bits per heavy atom. The van der Waals surface area contributed by atoms with Crippen molar-refractivity contribution in [1.82, 2.24) is 29.5 Å². The highest BCUT2D eigenvalue weighted by atomic mass is 19.1. The van der Waals surface area contributed by atoms with Crippen LogP contribution in [0.2, 0.25) is 0 Å². The molecule has 5 rings (SSSR count). The van der Waals surface area contributed by atoms with Crippen LogP contribution in [-0.2, 0) is 5.44 Å². The summed E-state index contributed by atoms with van der Waals surface area (Å²) >= 11 is 0. The molecular weight excluding hydrogens is 419 g/mol. The van der Waals surface area contributed by atoms with Gasteiger partial charge in [0.05, 0.1) is 22.4 Å². The van der Waals surface area contributed by atoms with Gasteiger partial charge in [0.2, 0.25) is 0 Å². The van der Waals surface area contributed by atoms with Crippen LogP contribution in [0, 0.1) is 5.82 Å². The third-order valence-electron chi connectivity index (χ3n) is 5.86. The molecule has 33 heavy (non-hydrogen) atoms. The molecule has 0 spiro atoms. The van der Waals surface area contributed by atoms with Crippen LogP contribution in [0.1, 0.15) is 19.2 Å². The molecule has 0 aliphatic carbocycles. The second kappa shape index (κ2) is 7.84. The standard InChI is InChI=1S/C22H20B2FN7O/c1-2-22(24,31-18-16-17(26-11-27-18)30-21(23)29-16)20-28-14-10-6-9-13(25)15(14)19(33)32(20)12-7-4-3-5-8-12/h3-11H,2,23-24H2,1H3,(H2,26,27,29,30,31)/t22-/m0/s1. The van der Waals surface area contributed by atoms with Crippen LogP contribution >= 0.6 is 0 Å². The van der Waals surface area contributed by atoms with Crippen molar-refractivity contribution < 1.29 is 4.39 Å². The van der Waals surface area contributed by atoms with E-state index >= 15 is 0 Å². The van der Waals surface area contributed by atoms with Crippen LogP contribution in [0.4, 0.5) is 10.2 Å². The first-order valence-electron chi connectivity index (χ1n) is 10.6. The van der Waals surface area contributed by atoms with Crippen molar-refractivity contribution in [3.63, 3.8) is 0 Å². The summed E-state index contributed by atoms with van der Waals surface area (Å²) in [7, 11) is 3.78. The van der Waals surface area contributed by atoms with Crippen LogP contribution in [0.25, 0.3) is 27.8 Å². The first-order chi connectivity index (χ1) is 15.9. The molecule has 8 nitrogen and oxygen atoms in total. The van der Waals surface area contributed by atoms with Gasteiger partial charge in [-0.2, -0.15) is 0 Å². The van der Waals surface area contributed by atoms with Gasteiger partial charge in [0, 0.05) is 0 Å². The Labute approximate surface area is 190 Å². The maximum atomic E-state index is 14.7. The lowest BCUT2D eigenvalue weighted by Gasteiger charge is -2.32. The first-order valence-corrected chi connectivity index (χ1v) is 10.6. The lowest BCUT2D eigenvalue weighted by Crippen LogP contribution is -2.42. The molecule has 0 aliphatic rings. The van der Waals surface area contributed by atoms with Gasteiger partial charge in [-0.15, -0.1) is 0 Å². The van der Waals surface area contributed by atoms with Crippen molar-refractivity contribution in [2.24, 2.45) is 0 Å². The number of fused-ring (bicyclic) bond motifs is 2. The quantitative estimate of drug-likeness (QED) is 0.393. The van der Waals surface area contributed by atoms with Crippen LogP contribution in [-0.4, -0.2) is 45.2 Å². The number of nitrogens with one attached hydrogen (secondary N) is 2. The predicted molar refractivity (Wildman–Crippen MR) is 131 cm³/mol. The van der Waals surface area contributed by atoms with Gasteiger partial charge in [0.25, 0.3) is 5.56 Å². The monoisotopic (exact) mass is 439 g/mol. The number of hydrogen-bond donors (Lipinski definition) is 2. The second-order valence-corrected chi connectivity index (χ2v) is 8.10. The average molecular weight is 439 g/mol. The fourth-order valence-corrected chi connectivity index (χ4v) is 3.97. The number of aromatic nitrogens is 6. The summed E-state index contributed by atoms with van der Waals surface area (Å²) in [6.07, 6.45) is 2.01. The summed E-state index contributed by atoms with van der Waals surface area (Å²) in [6, 6.07) is 13.6. The van der Waals surface area contributed by atoms with Gasteiger partial charge >= 0.3 is 0 Å². The SMILES string of the molecule is Bc1nc2c(N[C@@](B)(CC)c3nc4cccc(F)c4c(=O)n3-c3ccccc3)ncnc2[nH]1. The van der Waals surface area contributed by atoms with E-state index in [1.807, 2.05) is 40.8 Å². The van der Waals surface area contributed by atoms with E-state index in [-0.39, 0.29) is 5.39 Å². The molecule has 1 atom stereocenters. The molecule has 0 aliphatic heterocycles. The van der Waals surface area contributed by atoms with Gasteiger partial charge in [0.15, 0.2) is 19.3 Å². The molecule has 11 heteroatoms. The Balaban J connectivity index is 1.79. The topological polar surface area (TPSA) is 101 Å². The lowest BCUT2D eigenvalue weighted by molar-refractivity contribution is 0.589. The highest BCUT2D eigenvalue weighted by Gasteiger charge is 2.33. The molecule has 162 valence electrons.